The van der Waals surface area contributed by atoms with Crippen molar-refractivity contribution < 1.29 is 45.9 Å². The number of aromatic nitrogens is 2. The average molecular weight is 1030 g/mol. The van der Waals surface area contributed by atoms with Gasteiger partial charge in [-0.05, 0) is 109 Å². The van der Waals surface area contributed by atoms with Crippen LogP contribution in [0.4, 0.5) is 20.2 Å². The largest absolute Gasteiger partial charge is 0.545 e. The van der Waals surface area contributed by atoms with Gasteiger partial charge in [0.25, 0.3) is 11.8 Å². The number of carbonyl (C=O) groups is 4. The number of H-pyrrole nitrogens is 1. The highest BCUT2D eigenvalue weighted by Crippen LogP contribution is 2.42. The molecule has 0 atom stereocenters. The molecule has 1 aliphatic heterocycles. The van der Waals surface area contributed by atoms with Crippen molar-refractivity contribution in [2.45, 2.75) is 26.2 Å². The van der Waals surface area contributed by atoms with Crippen molar-refractivity contribution in [1.82, 2.24) is 25.2 Å². The first-order valence-electron chi connectivity index (χ1n) is 24.1. The van der Waals surface area contributed by atoms with Crippen LogP contribution in [0, 0.1) is 11.6 Å². The minimum Gasteiger partial charge on any atom is -0.545 e. The number of aromatic carboxylic acids is 1. The second-order valence-corrected chi connectivity index (χ2v) is 20.4. The Morgan fingerprint density at radius 3 is 2.13 bits per heavy atom. The molecule has 5 aromatic carbocycles. The molecule has 1 aliphatic carbocycles. The average Bonchev–Trinajstić information content (AvgIpc) is 3.77. The van der Waals surface area contributed by atoms with Crippen molar-refractivity contribution in [3.8, 4) is 33.6 Å². The zero-order chi connectivity index (χ0) is 53.3. The van der Waals surface area contributed by atoms with Crippen molar-refractivity contribution in [2.24, 2.45) is 0 Å². The predicted molar refractivity (Wildman–Crippen MR) is 284 cm³/mol. The van der Waals surface area contributed by atoms with E-state index in [1.165, 1.54) is 18.2 Å². The van der Waals surface area contributed by atoms with Crippen LogP contribution in [0.25, 0.3) is 66.5 Å². The van der Waals surface area contributed by atoms with Crippen LogP contribution in [0.2, 0.25) is 0 Å². The molecular weight excluding hydrogens is 981 g/mol. The lowest BCUT2D eigenvalue weighted by atomic mass is 9.89. The van der Waals surface area contributed by atoms with E-state index in [4.69, 9.17) is 4.42 Å². The molecule has 18 heteroatoms. The van der Waals surface area contributed by atoms with Gasteiger partial charge in [0.05, 0.1) is 29.0 Å². The Kier molecular flexibility index (Phi) is 14.3. The molecule has 0 saturated heterocycles. The Bertz CT molecular complexity index is 3920. The monoisotopic (exact) mass is 1030 g/mol. The highest BCUT2D eigenvalue weighted by atomic mass is 32.2. The number of sulfonamides is 1. The third-order valence-electron chi connectivity index (χ3n) is 12.9. The molecule has 4 N–H and O–H groups in total. The third-order valence-corrected chi connectivity index (χ3v) is 14.4. The van der Waals surface area contributed by atoms with Crippen molar-refractivity contribution in [2.75, 3.05) is 56.7 Å². The zero-order valence-corrected chi connectivity index (χ0v) is 42.4. The summed E-state index contributed by atoms with van der Waals surface area (Å²) in [6.45, 7) is 2.23. The van der Waals surface area contributed by atoms with Crippen molar-refractivity contribution in [3.63, 3.8) is 0 Å². The van der Waals surface area contributed by atoms with Crippen molar-refractivity contribution >= 4 is 77.9 Å². The highest BCUT2D eigenvalue weighted by molar-refractivity contribution is 7.92. The van der Waals surface area contributed by atoms with E-state index in [9.17, 15) is 32.7 Å². The SMILES string of the molecule is CCCS(=O)(=O)Nc1ccc(F)c(C(=O)c2ccc3[nH]c4ncc(-c5ccc(C(=O)NCCCCNC(=O)c6ccc(-c7c8ccc(=[N+](C)C)cc-8oc8cc(N(C)C)ccc78)c(C(=O)[O-])c6)cc5)cc4c3c2)c1F. The first kappa shape index (κ1) is 51.1. The minimum atomic E-state index is -3.92. The molecule has 0 fully saturated rings. The second kappa shape index (κ2) is 21.0. The van der Waals surface area contributed by atoms with E-state index in [0.717, 1.165) is 28.7 Å². The van der Waals surface area contributed by atoms with Gasteiger partial charge in [0.2, 0.25) is 15.4 Å². The van der Waals surface area contributed by atoms with Gasteiger partial charge in [-0.2, -0.15) is 0 Å². The van der Waals surface area contributed by atoms with Crippen LogP contribution in [0.3, 0.4) is 0 Å². The number of halogens is 2. The predicted octanol–water partition coefficient (Wildman–Crippen LogP) is 7.96. The Morgan fingerprint density at radius 2 is 1.44 bits per heavy atom. The molecule has 15 nitrogen and oxygen atoms in total. The number of aromatic amines is 1. The molecule has 75 heavy (non-hydrogen) atoms. The van der Waals surface area contributed by atoms with Gasteiger partial charge in [0.1, 0.15) is 36.9 Å². The number of hydrogen-bond donors (Lipinski definition) is 4. The van der Waals surface area contributed by atoms with E-state index in [0.29, 0.717) is 85.9 Å². The lowest BCUT2D eigenvalue weighted by Crippen LogP contribution is -2.28. The first-order valence-corrected chi connectivity index (χ1v) is 25.7. The summed E-state index contributed by atoms with van der Waals surface area (Å²) in [4.78, 5) is 62.5. The van der Waals surface area contributed by atoms with E-state index in [1.807, 2.05) is 80.1 Å². The molecule has 9 rings (SSSR count). The number of unbranched alkanes of at least 4 members (excludes halogenated alkanes) is 1. The highest BCUT2D eigenvalue weighted by Gasteiger charge is 2.26. The second-order valence-electron chi connectivity index (χ2n) is 18.5. The number of hydrogen-bond acceptors (Lipinski definition) is 10. The molecule has 7 aromatic rings. The normalized spacial score (nSPS) is 11.6. The minimum absolute atomic E-state index is 0.0292. The Labute approximate surface area is 429 Å². The number of carbonyl (C=O) groups excluding carboxylic acids is 4. The molecule has 0 saturated carbocycles. The number of pyridine rings is 1. The number of fused-ring (bicyclic) bond motifs is 5. The molecule has 2 amide bonds. The summed E-state index contributed by atoms with van der Waals surface area (Å²) in [6.07, 6.45) is 2.98. The van der Waals surface area contributed by atoms with Crippen LogP contribution < -0.4 is 35.3 Å². The van der Waals surface area contributed by atoms with Crippen LogP contribution in [-0.4, -0.2) is 89.0 Å². The molecule has 3 heterocycles. The van der Waals surface area contributed by atoms with Crippen LogP contribution >= 0.6 is 0 Å². The maximum atomic E-state index is 15.5. The maximum absolute atomic E-state index is 15.5. The molecule has 0 bridgehead atoms. The smallest absolute Gasteiger partial charge is 0.251 e. The number of amides is 2. The van der Waals surface area contributed by atoms with Gasteiger partial charge in [0.15, 0.2) is 11.6 Å². The number of ketones is 1. The first-order chi connectivity index (χ1) is 35.9. The van der Waals surface area contributed by atoms with E-state index in [-0.39, 0.29) is 41.3 Å². The summed E-state index contributed by atoms with van der Waals surface area (Å²) in [7, 11) is 3.76. The fourth-order valence-corrected chi connectivity index (χ4v) is 10.1. The Hall–Kier alpha value is -8.77. The summed E-state index contributed by atoms with van der Waals surface area (Å²) in [6, 6.07) is 31.0. The zero-order valence-electron chi connectivity index (χ0n) is 41.6. The van der Waals surface area contributed by atoms with E-state index in [2.05, 4.69) is 25.3 Å². The van der Waals surface area contributed by atoms with Gasteiger partial charge >= 0.3 is 0 Å². The van der Waals surface area contributed by atoms with Crippen LogP contribution in [0.5, 0.6) is 0 Å². The summed E-state index contributed by atoms with van der Waals surface area (Å²) < 4.78 is 65.7. The van der Waals surface area contributed by atoms with Crippen molar-refractivity contribution in [1.29, 1.82) is 0 Å². The topological polar surface area (TPSA) is 210 Å². The summed E-state index contributed by atoms with van der Waals surface area (Å²) in [5.74, 6) is -5.35. The number of benzene rings is 6. The molecule has 382 valence electrons. The van der Waals surface area contributed by atoms with E-state index < -0.39 is 50.6 Å². The van der Waals surface area contributed by atoms with Crippen LogP contribution in [0.1, 0.15) is 73.2 Å². The number of nitrogens with zero attached hydrogens (tertiary/aromatic N) is 3. The standard InChI is InChI=1S/C57H51F2N7O8S/c1-6-25-75(72,73)64-47-22-20-45(58)51(52(47)59)53(67)34-14-21-46-42(26-34)43-28-36(31-62-54(43)63-46)32-9-11-33(12-10-32)55(68)60-23-7-8-24-61-56(69)35-13-17-39(44(27-35)57(70)71)50-40-18-15-37(65(2)3)29-48(40)74-49-30-38(66(4)5)16-19-41(49)50/h9-22,26-31,64H,6-8,23-25H2,1-5H3,(H3-,60,61,62,63,67,68,69,70,71). The van der Waals surface area contributed by atoms with E-state index in [1.54, 1.807) is 55.6 Å². The number of nitrogens with one attached hydrogen (secondary N) is 4. The molecule has 2 aliphatic rings. The van der Waals surface area contributed by atoms with Gasteiger partial charge in [-0.3, -0.25) is 19.1 Å². The summed E-state index contributed by atoms with van der Waals surface area (Å²) in [5, 5.41) is 21.3. The number of anilines is 2. The molecular formula is C57H51F2N7O8S. The number of rotatable bonds is 17. The van der Waals surface area contributed by atoms with E-state index >= 15 is 8.78 Å². The third kappa shape index (κ3) is 10.5. The van der Waals surface area contributed by atoms with Gasteiger partial charge in [0, 0.05) is 112 Å². The quantitative estimate of drug-likeness (QED) is 0.0299. The molecule has 0 radical (unpaired) electrons. The molecule has 0 spiro atoms. The summed E-state index contributed by atoms with van der Waals surface area (Å²) >= 11 is 0. The Balaban J connectivity index is 0.824. The number of carboxylic acid groups (broad SMARTS) is 1. The number of carboxylic acids is 1. The van der Waals surface area contributed by atoms with Crippen LogP contribution in [-0.2, 0) is 10.0 Å². The Morgan fingerprint density at radius 1 is 0.747 bits per heavy atom. The molecule has 0 unspecified atom stereocenters. The fourth-order valence-electron chi connectivity index (χ4n) is 9.00. The van der Waals surface area contributed by atoms with Gasteiger partial charge < -0.3 is 34.8 Å². The summed E-state index contributed by atoms with van der Waals surface area (Å²) in [5.41, 5.74) is 4.69. The van der Waals surface area contributed by atoms with Gasteiger partial charge in [-0.15, -0.1) is 0 Å². The molecule has 2 aromatic heterocycles. The van der Waals surface area contributed by atoms with Crippen molar-refractivity contribution in [3.05, 3.63) is 166 Å². The lowest BCUT2D eigenvalue weighted by molar-refractivity contribution is -0.254. The lowest BCUT2D eigenvalue weighted by Gasteiger charge is -2.20. The fraction of sp³-hybridized carbons (Fsp3) is 0.193. The van der Waals surface area contributed by atoms with Crippen LogP contribution in [0.15, 0.2) is 126 Å². The van der Waals surface area contributed by atoms with Gasteiger partial charge in [-0.1, -0.05) is 25.1 Å². The van der Waals surface area contributed by atoms with Gasteiger partial charge in [-0.25, -0.2) is 26.8 Å². The maximum Gasteiger partial charge on any atom is 0.251 e.